The van der Waals surface area contributed by atoms with E-state index in [2.05, 4.69) is 4.90 Å². The highest BCUT2D eigenvalue weighted by molar-refractivity contribution is 5.76. The molecule has 0 radical (unpaired) electrons. The zero-order chi connectivity index (χ0) is 25.0. The molecule has 190 valence electrons. The van der Waals surface area contributed by atoms with Gasteiger partial charge in [-0.2, -0.15) is 13.2 Å². The van der Waals surface area contributed by atoms with E-state index in [9.17, 15) is 23.1 Å². The Balaban J connectivity index is 1.24. The SMILES string of the molecule is O=C(O)CC1=C2C(C3CC3)c3cc(OCc4ccc(C5CCCC5)c(C(F)(F)F)c4)ccc3N2CC1. The Labute approximate surface area is 208 Å². The average Bonchev–Trinajstić information content (AvgIpc) is 3.24. The monoisotopic (exact) mass is 497 g/mol. The van der Waals surface area contributed by atoms with Gasteiger partial charge in [-0.3, -0.25) is 4.79 Å². The number of aliphatic carboxylic acids is 1. The minimum absolute atomic E-state index is 0.0116. The molecule has 4 aliphatic rings. The number of carboxylic acids is 1. The summed E-state index contributed by atoms with van der Waals surface area (Å²) in [5.41, 5.74) is 4.83. The zero-order valence-electron chi connectivity index (χ0n) is 20.1. The molecule has 2 fully saturated rings. The Kier molecular flexibility index (Phi) is 5.77. The Morgan fingerprint density at radius 1 is 1.03 bits per heavy atom. The van der Waals surface area contributed by atoms with E-state index in [-0.39, 0.29) is 24.9 Å². The van der Waals surface area contributed by atoms with E-state index >= 15 is 0 Å². The molecule has 4 nitrogen and oxygen atoms in total. The highest BCUT2D eigenvalue weighted by Gasteiger charge is 2.46. The van der Waals surface area contributed by atoms with Crippen molar-refractivity contribution in [3.63, 3.8) is 0 Å². The molecule has 7 heteroatoms. The molecule has 2 aliphatic carbocycles. The van der Waals surface area contributed by atoms with Crippen LogP contribution >= 0.6 is 0 Å². The second kappa shape index (κ2) is 8.86. The first-order chi connectivity index (χ1) is 17.3. The van der Waals surface area contributed by atoms with Crippen LogP contribution in [0, 0.1) is 5.92 Å². The molecular weight excluding hydrogens is 467 g/mol. The highest BCUT2D eigenvalue weighted by atomic mass is 19.4. The van der Waals surface area contributed by atoms with Crippen molar-refractivity contribution < 1.29 is 27.8 Å². The topological polar surface area (TPSA) is 49.8 Å². The van der Waals surface area contributed by atoms with E-state index in [1.54, 1.807) is 12.1 Å². The summed E-state index contributed by atoms with van der Waals surface area (Å²) in [4.78, 5) is 13.7. The first-order valence-corrected chi connectivity index (χ1v) is 13.0. The van der Waals surface area contributed by atoms with Crippen LogP contribution in [-0.2, 0) is 17.6 Å². The maximum Gasteiger partial charge on any atom is 0.416 e. The van der Waals surface area contributed by atoms with Crippen LogP contribution in [-0.4, -0.2) is 17.6 Å². The molecule has 2 saturated carbocycles. The molecular formula is C29H30F3NO3. The number of fused-ring (bicyclic) bond motifs is 3. The maximum absolute atomic E-state index is 13.9. The fourth-order valence-corrected chi connectivity index (χ4v) is 6.56. The number of hydrogen-bond acceptors (Lipinski definition) is 3. The van der Waals surface area contributed by atoms with E-state index in [4.69, 9.17) is 4.74 Å². The summed E-state index contributed by atoms with van der Waals surface area (Å²) >= 11 is 0. The van der Waals surface area contributed by atoms with Gasteiger partial charge in [-0.1, -0.05) is 25.0 Å². The Morgan fingerprint density at radius 3 is 2.50 bits per heavy atom. The van der Waals surface area contributed by atoms with Crippen LogP contribution in [0.15, 0.2) is 47.7 Å². The van der Waals surface area contributed by atoms with Crippen LogP contribution in [0.4, 0.5) is 18.9 Å². The van der Waals surface area contributed by atoms with E-state index in [0.29, 0.717) is 22.8 Å². The largest absolute Gasteiger partial charge is 0.489 e. The third kappa shape index (κ3) is 4.27. The van der Waals surface area contributed by atoms with Crippen LogP contribution in [0.25, 0.3) is 0 Å². The number of carbonyl (C=O) groups is 1. The molecule has 0 bridgehead atoms. The number of alkyl halides is 3. The smallest absolute Gasteiger partial charge is 0.416 e. The number of nitrogens with zero attached hydrogens (tertiary/aromatic N) is 1. The summed E-state index contributed by atoms with van der Waals surface area (Å²) in [7, 11) is 0. The van der Waals surface area contributed by atoms with Gasteiger partial charge in [0.25, 0.3) is 0 Å². The van der Waals surface area contributed by atoms with Gasteiger partial charge in [0.2, 0.25) is 0 Å². The van der Waals surface area contributed by atoms with E-state index in [1.807, 2.05) is 18.2 Å². The van der Waals surface area contributed by atoms with Gasteiger partial charge in [-0.15, -0.1) is 0 Å². The average molecular weight is 498 g/mol. The molecule has 2 aromatic carbocycles. The standard InChI is InChI=1S/C29H30F3NO3/c30-29(31,32)24-13-17(5-9-22(24)18-3-1-2-4-18)16-36-21-8-10-25-23(15-21)27(19-6-7-19)28-20(14-26(34)35)11-12-33(25)28/h5,8-10,13,15,18-19,27H,1-4,6-7,11-12,14,16H2,(H,34,35). The number of carboxylic acid groups (broad SMARTS) is 1. The summed E-state index contributed by atoms with van der Waals surface area (Å²) in [6.45, 7) is 0.861. The van der Waals surface area contributed by atoms with E-state index < -0.39 is 17.7 Å². The van der Waals surface area contributed by atoms with Gasteiger partial charge in [0.1, 0.15) is 12.4 Å². The van der Waals surface area contributed by atoms with Crippen LogP contribution in [0.5, 0.6) is 5.75 Å². The maximum atomic E-state index is 13.9. The van der Waals surface area contributed by atoms with Crippen molar-refractivity contribution in [3.8, 4) is 5.75 Å². The predicted molar refractivity (Wildman–Crippen MR) is 130 cm³/mol. The fraction of sp³-hybridized carbons (Fsp3) is 0.483. The molecule has 2 aromatic rings. The fourth-order valence-electron chi connectivity index (χ4n) is 6.56. The summed E-state index contributed by atoms with van der Waals surface area (Å²) < 4.78 is 47.6. The lowest BCUT2D eigenvalue weighted by Crippen LogP contribution is -2.16. The summed E-state index contributed by atoms with van der Waals surface area (Å²) in [6, 6.07) is 10.6. The van der Waals surface area contributed by atoms with Crippen molar-refractivity contribution in [2.45, 2.75) is 76.0 Å². The molecule has 0 aromatic heterocycles. The van der Waals surface area contributed by atoms with Crippen LogP contribution in [0.3, 0.4) is 0 Å². The van der Waals surface area contributed by atoms with Gasteiger partial charge in [0.15, 0.2) is 0 Å². The summed E-state index contributed by atoms with van der Waals surface area (Å²) in [5, 5.41) is 9.38. The first-order valence-electron chi connectivity index (χ1n) is 13.0. The Morgan fingerprint density at radius 2 is 1.81 bits per heavy atom. The number of rotatable bonds is 7. The summed E-state index contributed by atoms with van der Waals surface area (Å²) in [6.07, 6.45) is 2.33. The summed E-state index contributed by atoms with van der Waals surface area (Å²) in [5.74, 6) is 0.518. The Hall–Kier alpha value is -2.96. The zero-order valence-corrected chi connectivity index (χ0v) is 20.1. The molecule has 2 aliphatic heterocycles. The number of hydrogen-bond donors (Lipinski definition) is 1. The van der Waals surface area contributed by atoms with Gasteiger partial charge in [0, 0.05) is 23.8 Å². The Bertz CT molecular complexity index is 1220. The lowest BCUT2D eigenvalue weighted by Gasteiger charge is -2.19. The molecule has 1 atom stereocenters. The molecule has 6 rings (SSSR count). The second-order valence-electron chi connectivity index (χ2n) is 10.7. The lowest BCUT2D eigenvalue weighted by atomic mass is 9.90. The van der Waals surface area contributed by atoms with Crippen molar-refractivity contribution in [1.82, 2.24) is 0 Å². The third-order valence-electron chi connectivity index (χ3n) is 8.29. The number of allylic oxidation sites excluding steroid dienone is 1. The minimum atomic E-state index is -4.38. The molecule has 0 amide bonds. The number of anilines is 1. The lowest BCUT2D eigenvalue weighted by molar-refractivity contribution is -0.138. The third-order valence-corrected chi connectivity index (χ3v) is 8.29. The van der Waals surface area contributed by atoms with Gasteiger partial charge in [0.05, 0.1) is 12.0 Å². The quantitative estimate of drug-likeness (QED) is 0.433. The first kappa shape index (κ1) is 23.4. The van der Waals surface area contributed by atoms with Crippen LogP contribution in [0.2, 0.25) is 0 Å². The van der Waals surface area contributed by atoms with Gasteiger partial charge < -0.3 is 14.7 Å². The van der Waals surface area contributed by atoms with Crippen molar-refractivity contribution in [1.29, 1.82) is 0 Å². The van der Waals surface area contributed by atoms with Crippen LogP contribution < -0.4 is 9.64 Å². The normalized spacial score (nSPS) is 21.8. The van der Waals surface area contributed by atoms with Gasteiger partial charge in [-0.25, -0.2) is 0 Å². The molecule has 1 N–H and O–H groups in total. The highest BCUT2D eigenvalue weighted by Crippen LogP contribution is 2.58. The van der Waals surface area contributed by atoms with Crippen molar-refractivity contribution in [3.05, 3.63) is 69.9 Å². The second-order valence-corrected chi connectivity index (χ2v) is 10.7. The number of benzene rings is 2. The molecule has 2 heterocycles. The van der Waals surface area contributed by atoms with Gasteiger partial charge in [-0.05, 0) is 90.5 Å². The van der Waals surface area contributed by atoms with Crippen LogP contribution in [0.1, 0.15) is 85.5 Å². The predicted octanol–water partition coefficient (Wildman–Crippen LogP) is 7.39. The molecule has 0 saturated heterocycles. The van der Waals surface area contributed by atoms with E-state index in [0.717, 1.165) is 74.0 Å². The van der Waals surface area contributed by atoms with Crippen molar-refractivity contribution in [2.75, 3.05) is 11.4 Å². The molecule has 0 spiro atoms. The van der Waals surface area contributed by atoms with Crippen molar-refractivity contribution >= 4 is 11.7 Å². The molecule has 36 heavy (non-hydrogen) atoms. The minimum Gasteiger partial charge on any atom is -0.489 e. The number of halogens is 3. The van der Waals surface area contributed by atoms with E-state index in [1.165, 1.54) is 6.07 Å². The van der Waals surface area contributed by atoms with Crippen molar-refractivity contribution in [2.24, 2.45) is 5.92 Å². The molecule has 1 unspecified atom stereocenters. The number of ether oxygens (including phenoxy) is 1. The van der Waals surface area contributed by atoms with Gasteiger partial charge >= 0.3 is 12.1 Å².